The molecule has 4 rings (SSSR count). The van der Waals surface area contributed by atoms with E-state index in [-0.39, 0.29) is 47.2 Å². The zero-order chi connectivity index (χ0) is 21.1. The zero-order valence-corrected chi connectivity index (χ0v) is 20.4. The number of aryl methyl sites for hydroxylation is 2. The fraction of sp³-hybridized carbons (Fsp3) is 0.320. The predicted octanol–water partition coefficient (Wildman–Crippen LogP) is 0.929. The number of aromatic nitrogens is 2. The van der Waals surface area contributed by atoms with Gasteiger partial charge in [-0.25, -0.2) is 0 Å². The van der Waals surface area contributed by atoms with Gasteiger partial charge in [0.2, 0.25) is 0 Å². The number of aromatic carboxylic acids is 1. The minimum atomic E-state index is -1.14. The van der Waals surface area contributed by atoms with E-state index in [9.17, 15) is 9.90 Å². The fourth-order valence-electron chi connectivity index (χ4n) is 4.61. The molecule has 6 heteroatoms. The van der Waals surface area contributed by atoms with Gasteiger partial charge in [0, 0.05) is 24.5 Å². The molecule has 1 aliphatic heterocycles. The van der Waals surface area contributed by atoms with Crippen molar-refractivity contribution in [3.05, 3.63) is 94.6 Å². The standard InChI is InChI=1S/C25H27N3O2.Na/c1-17-8-6-14-26-23(17)21-12-5-13-22(24-18(2)9-7-15-27-24)28(21)16-19-10-3-4-11-20(19)25(29)30;/h3-4,6-11,14-15,21-22H,5,12-13,16H2,1-2H3,(H,29,30);/q;+1/p-1/t21-,22+;. The molecule has 1 aromatic carbocycles. The molecule has 1 aliphatic rings. The number of hydrogen-bond acceptors (Lipinski definition) is 5. The van der Waals surface area contributed by atoms with Crippen LogP contribution in [0.3, 0.4) is 0 Å². The molecule has 0 unspecified atom stereocenters. The summed E-state index contributed by atoms with van der Waals surface area (Å²) in [6, 6.07) is 15.4. The van der Waals surface area contributed by atoms with E-state index in [1.165, 1.54) is 0 Å². The predicted molar refractivity (Wildman–Crippen MR) is 114 cm³/mol. The van der Waals surface area contributed by atoms with Gasteiger partial charge in [0.1, 0.15) is 0 Å². The second-order valence-corrected chi connectivity index (χ2v) is 7.99. The Morgan fingerprint density at radius 1 is 0.935 bits per heavy atom. The number of hydrogen-bond donors (Lipinski definition) is 0. The molecule has 3 aromatic rings. The van der Waals surface area contributed by atoms with Gasteiger partial charge in [-0.05, 0) is 61.9 Å². The van der Waals surface area contributed by atoms with Gasteiger partial charge >= 0.3 is 29.6 Å². The van der Waals surface area contributed by atoms with Crippen LogP contribution in [-0.2, 0) is 6.54 Å². The first kappa shape index (κ1) is 23.6. The minimum Gasteiger partial charge on any atom is -0.545 e. The molecule has 0 N–H and O–H groups in total. The molecule has 0 aliphatic carbocycles. The summed E-state index contributed by atoms with van der Waals surface area (Å²) >= 11 is 0. The van der Waals surface area contributed by atoms with Crippen LogP contribution < -0.4 is 34.7 Å². The monoisotopic (exact) mass is 423 g/mol. The van der Waals surface area contributed by atoms with Gasteiger partial charge in [-0.3, -0.25) is 14.9 Å². The summed E-state index contributed by atoms with van der Waals surface area (Å²) in [7, 11) is 0. The van der Waals surface area contributed by atoms with Gasteiger partial charge in [0.05, 0.1) is 29.4 Å². The van der Waals surface area contributed by atoms with Crippen molar-refractivity contribution < 1.29 is 39.5 Å². The molecule has 3 heterocycles. The van der Waals surface area contributed by atoms with E-state index in [1.807, 2.05) is 36.7 Å². The summed E-state index contributed by atoms with van der Waals surface area (Å²) in [5, 5.41) is 11.7. The van der Waals surface area contributed by atoms with Crippen LogP contribution in [0.2, 0.25) is 0 Å². The molecule has 154 valence electrons. The summed E-state index contributed by atoms with van der Waals surface area (Å²) < 4.78 is 0. The summed E-state index contributed by atoms with van der Waals surface area (Å²) in [5.41, 5.74) is 5.43. The minimum absolute atomic E-state index is 0. The van der Waals surface area contributed by atoms with Gasteiger partial charge in [0.25, 0.3) is 0 Å². The van der Waals surface area contributed by atoms with E-state index in [1.54, 1.807) is 12.1 Å². The van der Waals surface area contributed by atoms with Crippen LogP contribution in [0.1, 0.15) is 69.8 Å². The van der Waals surface area contributed by atoms with Crippen molar-refractivity contribution in [1.29, 1.82) is 0 Å². The first-order chi connectivity index (χ1) is 14.6. The van der Waals surface area contributed by atoms with E-state index in [4.69, 9.17) is 9.97 Å². The van der Waals surface area contributed by atoms with E-state index < -0.39 is 5.97 Å². The SMILES string of the molecule is Cc1cccnc1[C@H]1CCC[C@@H](c2ncccc2C)N1Cc1ccccc1C(=O)[O-].[Na+]. The van der Waals surface area contributed by atoms with Crippen molar-refractivity contribution in [2.75, 3.05) is 0 Å². The van der Waals surface area contributed by atoms with Crippen LogP contribution >= 0.6 is 0 Å². The molecule has 2 atom stereocenters. The van der Waals surface area contributed by atoms with Crippen LogP contribution in [0.5, 0.6) is 0 Å². The van der Waals surface area contributed by atoms with Crippen LogP contribution in [0.15, 0.2) is 60.9 Å². The largest absolute Gasteiger partial charge is 1.00 e. The molecular formula is C25H26N3NaO2. The van der Waals surface area contributed by atoms with Crippen molar-refractivity contribution in [3.8, 4) is 0 Å². The number of carbonyl (C=O) groups excluding carboxylic acids is 1. The first-order valence-electron chi connectivity index (χ1n) is 10.4. The number of carboxylic acids is 1. The third kappa shape index (κ3) is 5.07. The van der Waals surface area contributed by atoms with Crippen molar-refractivity contribution in [2.45, 2.75) is 51.7 Å². The van der Waals surface area contributed by atoms with Gasteiger partial charge in [-0.1, -0.05) is 36.4 Å². The van der Waals surface area contributed by atoms with Crippen molar-refractivity contribution in [3.63, 3.8) is 0 Å². The number of carbonyl (C=O) groups is 1. The zero-order valence-electron chi connectivity index (χ0n) is 18.4. The Hall–Kier alpha value is -2.05. The van der Waals surface area contributed by atoms with Gasteiger partial charge in [-0.2, -0.15) is 0 Å². The average molecular weight is 423 g/mol. The third-order valence-electron chi connectivity index (χ3n) is 6.08. The Morgan fingerprint density at radius 2 is 1.48 bits per heavy atom. The Morgan fingerprint density at radius 3 is 2.00 bits per heavy atom. The van der Waals surface area contributed by atoms with E-state index in [2.05, 4.69) is 30.9 Å². The second kappa shape index (κ2) is 10.5. The molecule has 2 aromatic heterocycles. The molecule has 0 radical (unpaired) electrons. The maximum Gasteiger partial charge on any atom is 1.00 e. The van der Waals surface area contributed by atoms with E-state index >= 15 is 0 Å². The Bertz CT molecular complexity index is 1000. The number of likely N-dealkylation sites (tertiary alicyclic amines) is 1. The number of rotatable bonds is 5. The van der Waals surface area contributed by atoms with E-state index in [0.717, 1.165) is 47.3 Å². The smallest absolute Gasteiger partial charge is 0.545 e. The van der Waals surface area contributed by atoms with Crippen molar-refractivity contribution in [1.82, 2.24) is 14.9 Å². The van der Waals surface area contributed by atoms with Crippen LogP contribution in [0, 0.1) is 13.8 Å². The van der Waals surface area contributed by atoms with Crippen molar-refractivity contribution in [2.24, 2.45) is 0 Å². The fourth-order valence-corrected chi connectivity index (χ4v) is 4.61. The van der Waals surface area contributed by atoms with Gasteiger partial charge in [0.15, 0.2) is 0 Å². The average Bonchev–Trinajstić information content (AvgIpc) is 2.75. The topological polar surface area (TPSA) is 69.2 Å². The summed E-state index contributed by atoms with van der Waals surface area (Å²) in [6.07, 6.45) is 6.71. The molecule has 1 fully saturated rings. The molecule has 0 spiro atoms. The molecular weight excluding hydrogens is 397 g/mol. The normalized spacial score (nSPS) is 18.9. The quantitative estimate of drug-likeness (QED) is 0.571. The first-order valence-corrected chi connectivity index (χ1v) is 10.4. The molecule has 0 saturated carbocycles. The number of pyridine rings is 2. The molecule has 5 nitrogen and oxygen atoms in total. The maximum absolute atomic E-state index is 11.7. The molecule has 0 amide bonds. The summed E-state index contributed by atoms with van der Waals surface area (Å²) in [5.74, 6) is -1.14. The van der Waals surface area contributed by atoms with Crippen LogP contribution in [-0.4, -0.2) is 20.8 Å². The van der Waals surface area contributed by atoms with Crippen LogP contribution in [0.4, 0.5) is 0 Å². The van der Waals surface area contributed by atoms with Gasteiger partial charge < -0.3 is 9.90 Å². The Kier molecular flexibility index (Phi) is 8.00. The number of nitrogens with zero attached hydrogens (tertiary/aromatic N) is 3. The summed E-state index contributed by atoms with van der Waals surface area (Å²) in [4.78, 5) is 23.5. The number of carboxylic acid groups (broad SMARTS) is 1. The number of benzene rings is 1. The Labute approximate surface area is 205 Å². The third-order valence-corrected chi connectivity index (χ3v) is 6.08. The molecule has 31 heavy (non-hydrogen) atoms. The maximum atomic E-state index is 11.7. The molecule has 0 bridgehead atoms. The Balaban J connectivity index is 0.00000272. The number of piperidine rings is 1. The van der Waals surface area contributed by atoms with Crippen LogP contribution in [0.25, 0.3) is 0 Å². The molecule has 1 saturated heterocycles. The van der Waals surface area contributed by atoms with Crippen molar-refractivity contribution >= 4 is 5.97 Å². The second-order valence-electron chi connectivity index (χ2n) is 7.99. The summed E-state index contributed by atoms with van der Waals surface area (Å²) in [6.45, 7) is 4.68. The van der Waals surface area contributed by atoms with Gasteiger partial charge in [-0.15, -0.1) is 0 Å². The van der Waals surface area contributed by atoms with E-state index in [0.29, 0.717) is 6.54 Å².